The first kappa shape index (κ1) is 14.4. The lowest BCUT2D eigenvalue weighted by molar-refractivity contribution is -0.117. The number of anilines is 2. The summed E-state index contributed by atoms with van der Waals surface area (Å²) in [6.07, 6.45) is 3.96. The van der Waals surface area contributed by atoms with Crippen LogP contribution in [0.4, 0.5) is 11.4 Å². The lowest BCUT2D eigenvalue weighted by atomic mass is 10.0. The van der Waals surface area contributed by atoms with E-state index < -0.39 is 5.60 Å². The van der Waals surface area contributed by atoms with Crippen LogP contribution in [0.25, 0.3) is 0 Å². The van der Waals surface area contributed by atoms with E-state index in [2.05, 4.69) is 15.5 Å². The van der Waals surface area contributed by atoms with Crippen molar-refractivity contribution < 1.29 is 9.90 Å². The Morgan fingerprint density at radius 2 is 2.14 bits per heavy atom. The zero-order chi connectivity index (χ0) is 15.0. The molecular formula is C16H23N3O2. The Morgan fingerprint density at radius 1 is 1.43 bits per heavy atom. The highest BCUT2D eigenvalue weighted by Gasteiger charge is 2.33. The number of fused-ring (bicyclic) bond motifs is 1. The minimum Gasteiger partial charge on any atom is -0.388 e. The highest BCUT2D eigenvalue weighted by Crippen LogP contribution is 2.35. The number of likely N-dealkylation sites (N-methyl/N-ethyl adjacent to an activating group) is 2. The number of nitrogens with zero attached hydrogens (tertiary/aromatic N) is 1. The summed E-state index contributed by atoms with van der Waals surface area (Å²) >= 11 is 0. The fourth-order valence-corrected chi connectivity index (χ4v) is 3.50. The SMILES string of the molecule is CNC1C(=O)Nc2cc(N(C)CC3(O)CCCC3)ccc21. The summed E-state index contributed by atoms with van der Waals surface area (Å²) in [4.78, 5) is 13.9. The Morgan fingerprint density at radius 3 is 2.81 bits per heavy atom. The Hall–Kier alpha value is -1.59. The molecule has 0 aromatic heterocycles. The van der Waals surface area contributed by atoms with Gasteiger partial charge in [-0.25, -0.2) is 0 Å². The van der Waals surface area contributed by atoms with Crippen LogP contribution in [0, 0.1) is 0 Å². The van der Waals surface area contributed by atoms with Crippen molar-refractivity contribution in [2.24, 2.45) is 0 Å². The first-order valence-electron chi connectivity index (χ1n) is 7.58. The van der Waals surface area contributed by atoms with Gasteiger partial charge in [0.1, 0.15) is 6.04 Å². The quantitative estimate of drug-likeness (QED) is 0.788. The molecule has 0 spiro atoms. The van der Waals surface area contributed by atoms with E-state index in [1.165, 1.54) is 0 Å². The number of hydrogen-bond donors (Lipinski definition) is 3. The van der Waals surface area contributed by atoms with Crippen LogP contribution >= 0.6 is 0 Å². The number of rotatable bonds is 4. The summed E-state index contributed by atoms with van der Waals surface area (Å²) in [6, 6.07) is 5.72. The number of carbonyl (C=O) groups is 1. The molecule has 1 unspecified atom stereocenters. The smallest absolute Gasteiger partial charge is 0.246 e. The van der Waals surface area contributed by atoms with Crippen LogP contribution in [-0.4, -0.2) is 37.3 Å². The van der Waals surface area contributed by atoms with Gasteiger partial charge in [0.2, 0.25) is 5.91 Å². The Kier molecular flexibility index (Phi) is 3.63. The third-order valence-corrected chi connectivity index (χ3v) is 4.66. The molecule has 1 amide bonds. The lowest BCUT2D eigenvalue weighted by Gasteiger charge is -2.30. The molecule has 1 saturated carbocycles. The van der Waals surface area contributed by atoms with Crippen molar-refractivity contribution in [3.63, 3.8) is 0 Å². The van der Waals surface area contributed by atoms with Crippen molar-refractivity contribution in [2.75, 3.05) is 30.9 Å². The molecule has 1 aromatic rings. The summed E-state index contributed by atoms with van der Waals surface area (Å²) in [5, 5.41) is 16.4. The van der Waals surface area contributed by atoms with E-state index in [1.807, 2.05) is 25.2 Å². The maximum Gasteiger partial charge on any atom is 0.246 e. The average molecular weight is 289 g/mol. The monoisotopic (exact) mass is 289 g/mol. The molecule has 1 heterocycles. The second-order valence-electron chi connectivity index (χ2n) is 6.27. The molecule has 2 aliphatic rings. The Bertz CT molecular complexity index is 552. The molecule has 1 fully saturated rings. The fraction of sp³-hybridized carbons (Fsp3) is 0.562. The first-order valence-corrected chi connectivity index (χ1v) is 7.58. The van der Waals surface area contributed by atoms with Crippen molar-refractivity contribution in [3.05, 3.63) is 23.8 Å². The van der Waals surface area contributed by atoms with Crippen LogP contribution in [0.1, 0.15) is 37.3 Å². The van der Waals surface area contributed by atoms with Crippen LogP contribution in [0.15, 0.2) is 18.2 Å². The van der Waals surface area contributed by atoms with Crippen LogP contribution in [0.3, 0.4) is 0 Å². The minimum atomic E-state index is -0.565. The summed E-state index contributed by atoms with van der Waals surface area (Å²) in [5.74, 6) is -0.0123. The van der Waals surface area contributed by atoms with Gasteiger partial charge in [0.25, 0.3) is 0 Å². The van der Waals surface area contributed by atoms with Gasteiger partial charge in [-0.3, -0.25) is 4.79 Å². The van der Waals surface area contributed by atoms with Crippen LogP contribution in [-0.2, 0) is 4.79 Å². The molecule has 5 heteroatoms. The van der Waals surface area contributed by atoms with E-state index in [9.17, 15) is 9.90 Å². The van der Waals surface area contributed by atoms with Gasteiger partial charge in [-0.1, -0.05) is 18.9 Å². The maximum absolute atomic E-state index is 11.8. The molecule has 1 atom stereocenters. The van der Waals surface area contributed by atoms with Crippen molar-refractivity contribution in [3.8, 4) is 0 Å². The van der Waals surface area contributed by atoms with Gasteiger partial charge < -0.3 is 20.6 Å². The van der Waals surface area contributed by atoms with Gasteiger partial charge in [-0.05, 0) is 32.0 Å². The van der Waals surface area contributed by atoms with E-state index in [0.717, 1.165) is 42.6 Å². The largest absolute Gasteiger partial charge is 0.388 e. The van der Waals surface area contributed by atoms with Gasteiger partial charge in [-0.2, -0.15) is 0 Å². The van der Waals surface area contributed by atoms with E-state index >= 15 is 0 Å². The van der Waals surface area contributed by atoms with E-state index in [1.54, 1.807) is 7.05 Å². The van der Waals surface area contributed by atoms with Crippen LogP contribution in [0.2, 0.25) is 0 Å². The summed E-state index contributed by atoms with van der Waals surface area (Å²) in [7, 11) is 3.78. The van der Waals surface area contributed by atoms with E-state index in [4.69, 9.17) is 0 Å². The van der Waals surface area contributed by atoms with E-state index in [0.29, 0.717) is 6.54 Å². The molecular weight excluding hydrogens is 266 g/mol. The molecule has 1 aliphatic carbocycles. The van der Waals surface area contributed by atoms with Gasteiger partial charge >= 0.3 is 0 Å². The van der Waals surface area contributed by atoms with Crippen LogP contribution in [0.5, 0.6) is 0 Å². The molecule has 3 N–H and O–H groups in total. The van der Waals surface area contributed by atoms with Crippen molar-refractivity contribution in [1.29, 1.82) is 0 Å². The number of hydrogen-bond acceptors (Lipinski definition) is 4. The highest BCUT2D eigenvalue weighted by molar-refractivity contribution is 6.03. The molecule has 0 saturated heterocycles. The highest BCUT2D eigenvalue weighted by atomic mass is 16.3. The van der Waals surface area contributed by atoms with Crippen LogP contribution < -0.4 is 15.5 Å². The number of benzene rings is 1. The molecule has 114 valence electrons. The van der Waals surface area contributed by atoms with Crippen molar-refractivity contribution >= 4 is 17.3 Å². The van der Waals surface area contributed by atoms with E-state index in [-0.39, 0.29) is 11.9 Å². The third kappa shape index (κ3) is 2.63. The number of carbonyl (C=O) groups excluding carboxylic acids is 1. The maximum atomic E-state index is 11.8. The number of amides is 1. The molecule has 5 nitrogen and oxygen atoms in total. The molecule has 3 rings (SSSR count). The van der Waals surface area contributed by atoms with Gasteiger partial charge in [0.05, 0.1) is 5.60 Å². The number of nitrogens with one attached hydrogen (secondary N) is 2. The topological polar surface area (TPSA) is 64.6 Å². The molecule has 1 aliphatic heterocycles. The average Bonchev–Trinajstić information content (AvgIpc) is 3.00. The Labute approximate surface area is 125 Å². The summed E-state index contributed by atoms with van der Waals surface area (Å²) in [6.45, 7) is 0.634. The predicted molar refractivity (Wildman–Crippen MR) is 83.6 cm³/mol. The van der Waals surface area contributed by atoms with Crippen molar-refractivity contribution in [1.82, 2.24) is 5.32 Å². The van der Waals surface area contributed by atoms with Gasteiger partial charge in [-0.15, -0.1) is 0 Å². The number of aliphatic hydroxyl groups is 1. The van der Waals surface area contributed by atoms with Gasteiger partial charge in [0, 0.05) is 30.5 Å². The third-order valence-electron chi connectivity index (χ3n) is 4.66. The molecule has 21 heavy (non-hydrogen) atoms. The normalized spacial score (nSPS) is 23.0. The lowest BCUT2D eigenvalue weighted by Crippen LogP contribution is -2.39. The molecule has 1 aromatic carbocycles. The zero-order valence-electron chi connectivity index (χ0n) is 12.6. The minimum absolute atomic E-state index is 0.0123. The van der Waals surface area contributed by atoms with Crippen molar-refractivity contribution in [2.45, 2.75) is 37.3 Å². The fourth-order valence-electron chi connectivity index (χ4n) is 3.50. The van der Waals surface area contributed by atoms with Gasteiger partial charge in [0.15, 0.2) is 0 Å². The predicted octanol–water partition coefficient (Wildman–Crippen LogP) is 1.64. The second kappa shape index (κ2) is 5.31. The summed E-state index contributed by atoms with van der Waals surface area (Å²) in [5.41, 5.74) is 2.30. The summed E-state index contributed by atoms with van der Waals surface area (Å²) < 4.78 is 0. The Balaban J connectivity index is 1.78. The zero-order valence-corrected chi connectivity index (χ0v) is 12.6. The standard InChI is InChI=1S/C16H23N3O2/c1-17-14-12-6-5-11(9-13(12)18-15(14)20)19(2)10-16(21)7-3-4-8-16/h5-6,9,14,17,21H,3-4,7-8,10H2,1-2H3,(H,18,20). The first-order chi connectivity index (χ1) is 10.0. The second-order valence-corrected chi connectivity index (χ2v) is 6.27. The molecule has 0 radical (unpaired) electrons. The molecule has 0 bridgehead atoms.